The van der Waals surface area contributed by atoms with E-state index in [2.05, 4.69) is 40.2 Å². The predicted octanol–water partition coefficient (Wildman–Crippen LogP) is 3.67. The van der Waals surface area contributed by atoms with Gasteiger partial charge in [0, 0.05) is 14.6 Å². The van der Waals surface area contributed by atoms with Crippen LogP contribution in [0, 0.1) is 5.92 Å². The molecule has 2 N–H and O–H groups in total. The van der Waals surface area contributed by atoms with E-state index in [-0.39, 0.29) is 0 Å². The molecule has 3 heteroatoms. The molecule has 1 fully saturated rings. The zero-order chi connectivity index (χ0) is 10.7. The van der Waals surface area contributed by atoms with Gasteiger partial charge in [-0.25, -0.2) is 0 Å². The lowest BCUT2D eigenvalue weighted by molar-refractivity contribution is 0.573. The molecule has 2 unspecified atom stereocenters. The summed E-state index contributed by atoms with van der Waals surface area (Å²) in [6.07, 6.45) is 3.95. The lowest BCUT2D eigenvalue weighted by Gasteiger charge is -2.17. The standard InChI is InChI=1S/C12H16BrNS/c13-10-5-1-2-6-12(10)15-11-7-3-4-9(11)8-14/h1-2,5-6,9,11H,3-4,7-8,14H2. The van der Waals surface area contributed by atoms with Crippen molar-refractivity contribution >= 4 is 27.7 Å². The van der Waals surface area contributed by atoms with Crippen LogP contribution in [0.4, 0.5) is 0 Å². The molecular weight excluding hydrogens is 270 g/mol. The quantitative estimate of drug-likeness (QED) is 0.917. The summed E-state index contributed by atoms with van der Waals surface area (Å²) in [4.78, 5) is 1.35. The lowest BCUT2D eigenvalue weighted by Crippen LogP contribution is -2.20. The van der Waals surface area contributed by atoms with Crippen molar-refractivity contribution in [2.45, 2.75) is 29.4 Å². The van der Waals surface area contributed by atoms with Gasteiger partial charge in [-0.15, -0.1) is 11.8 Å². The van der Waals surface area contributed by atoms with E-state index in [0.717, 1.165) is 6.54 Å². The van der Waals surface area contributed by atoms with Crippen molar-refractivity contribution in [3.05, 3.63) is 28.7 Å². The van der Waals surface area contributed by atoms with Crippen LogP contribution < -0.4 is 5.73 Å². The molecule has 0 heterocycles. The van der Waals surface area contributed by atoms with Gasteiger partial charge in [-0.05, 0) is 53.4 Å². The Balaban J connectivity index is 2.05. The van der Waals surface area contributed by atoms with Gasteiger partial charge >= 0.3 is 0 Å². The number of benzene rings is 1. The SMILES string of the molecule is NCC1CCCC1Sc1ccccc1Br. The molecule has 0 aliphatic heterocycles. The summed E-state index contributed by atoms with van der Waals surface area (Å²) in [6, 6.07) is 8.44. The second kappa shape index (κ2) is 5.37. The molecule has 0 aromatic heterocycles. The second-order valence-corrected chi connectivity index (χ2v) is 6.15. The van der Waals surface area contributed by atoms with Gasteiger partial charge in [-0.2, -0.15) is 0 Å². The van der Waals surface area contributed by atoms with Gasteiger partial charge in [0.2, 0.25) is 0 Å². The molecule has 0 spiro atoms. The minimum absolute atomic E-state index is 0.710. The van der Waals surface area contributed by atoms with Crippen molar-refractivity contribution in [1.82, 2.24) is 0 Å². The highest BCUT2D eigenvalue weighted by molar-refractivity contribution is 9.10. The summed E-state index contributed by atoms with van der Waals surface area (Å²) >= 11 is 5.58. The summed E-state index contributed by atoms with van der Waals surface area (Å²) in [5.41, 5.74) is 5.79. The highest BCUT2D eigenvalue weighted by Gasteiger charge is 2.27. The maximum Gasteiger partial charge on any atom is 0.0311 e. The third-order valence-corrected chi connectivity index (χ3v) is 5.49. The van der Waals surface area contributed by atoms with Crippen LogP contribution in [-0.4, -0.2) is 11.8 Å². The van der Waals surface area contributed by atoms with Crippen LogP contribution in [0.1, 0.15) is 19.3 Å². The first kappa shape index (κ1) is 11.5. The fourth-order valence-corrected chi connectivity index (χ4v) is 4.08. The second-order valence-electron chi connectivity index (χ2n) is 4.01. The van der Waals surface area contributed by atoms with E-state index in [1.54, 1.807) is 0 Å². The van der Waals surface area contributed by atoms with E-state index >= 15 is 0 Å². The molecule has 2 atom stereocenters. The summed E-state index contributed by atoms with van der Waals surface area (Å²) in [5, 5.41) is 0.716. The molecule has 82 valence electrons. The van der Waals surface area contributed by atoms with Crippen molar-refractivity contribution in [2.75, 3.05) is 6.54 Å². The molecule has 2 rings (SSSR count). The van der Waals surface area contributed by atoms with Gasteiger partial charge in [-0.3, -0.25) is 0 Å². The fourth-order valence-electron chi connectivity index (χ4n) is 2.13. The Kier molecular flexibility index (Phi) is 4.12. The first-order valence-electron chi connectivity index (χ1n) is 5.42. The van der Waals surface area contributed by atoms with Crippen LogP contribution in [0.2, 0.25) is 0 Å². The zero-order valence-corrected chi connectivity index (χ0v) is 11.1. The van der Waals surface area contributed by atoms with E-state index in [4.69, 9.17) is 5.73 Å². The Morgan fingerprint density at radius 3 is 2.87 bits per heavy atom. The number of rotatable bonds is 3. The molecule has 15 heavy (non-hydrogen) atoms. The first-order chi connectivity index (χ1) is 7.31. The zero-order valence-electron chi connectivity index (χ0n) is 8.66. The van der Waals surface area contributed by atoms with Crippen LogP contribution in [0.3, 0.4) is 0 Å². The summed E-state index contributed by atoms with van der Waals surface area (Å²) < 4.78 is 1.21. The van der Waals surface area contributed by atoms with E-state index in [1.165, 1.54) is 28.6 Å². The van der Waals surface area contributed by atoms with Crippen molar-refractivity contribution < 1.29 is 0 Å². The third kappa shape index (κ3) is 2.77. The minimum atomic E-state index is 0.710. The minimum Gasteiger partial charge on any atom is -0.330 e. The molecule has 1 saturated carbocycles. The molecule has 1 aliphatic carbocycles. The molecule has 1 nitrogen and oxygen atoms in total. The topological polar surface area (TPSA) is 26.0 Å². The van der Waals surface area contributed by atoms with Gasteiger partial charge in [0.25, 0.3) is 0 Å². The van der Waals surface area contributed by atoms with E-state index in [9.17, 15) is 0 Å². The highest BCUT2D eigenvalue weighted by atomic mass is 79.9. The molecule has 1 aromatic rings. The van der Waals surface area contributed by atoms with Crippen molar-refractivity contribution in [3.8, 4) is 0 Å². The summed E-state index contributed by atoms with van der Waals surface area (Å²) in [6.45, 7) is 0.835. The normalized spacial score (nSPS) is 25.7. The fraction of sp³-hybridized carbons (Fsp3) is 0.500. The van der Waals surface area contributed by atoms with Crippen molar-refractivity contribution in [1.29, 1.82) is 0 Å². The molecule has 0 amide bonds. The molecular formula is C12H16BrNS. The Hall–Kier alpha value is 0.01000. The Bertz CT molecular complexity index is 329. The maximum atomic E-state index is 5.79. The number of hydrogen-bond donors (Lipinski definition) is 1. The molecule has 0 radical (unpaired) electrons. The summed E-state index contributed by atoms with van der Waals surface area (Å²) in [7, 11) is 0. The van der Waals surface area contributed by atoms with Gasteiger partial charge in [0.15, 0.2) is 0 Å². The maximum absolute atomic E-state index is 5.79. The van der Waals surface area contributed by atoms with Crippen LogP contribution >= 0.6 is 27.7 Å². The number of halogens is 1. The van der Waals surface area contributed by atoms with Crippen LogP contribution in [0.25, 0.3) is 0 Å². The molecule has 1 aromatic carbocycles. The predicted molar refractivity (Wildman–Crippen MR) is 70.2 cm³/mol. The van der Waals surface area contributed by atoms with Crippen LogP contribution in [0.5, 0.6) is 0 Å². The van der Waals surface area contributed by atoms with Crippen LogP contribution in [-0.2, 0) is 0 Å². The van der Waals surface area contributed by atoms with Gasteiger partial charge in [0.1, 0.15) is 0 Å². The lowest BCUT2D eigenvalue weighted by atomic mass is 10.1. The van der Waals surface area contributed by atoms with Gasteiger partial charge in [-0.1, -0.05) is 18.6 Å². The van der Waals surface area contributed by atoms with E-state index in [0.29, 0.717) is 11.2 Å². The first-order valence-corrected chi connectivity index (χ1v) is 7.10. The smallest absolute Gasteiger partial charge is 0.0311 e. The number of hydrogen-bond acceptors (Lipinski definition) is 2. The highest BCUT2D eigenvalue weighted by Crippen LogP contribution is 2.40. The van der Waals surface area contributed by atoms with Crippen LogP contribution in [0.15, 0.2) is 33.6 Å². The molecule has 0 saturated heterocycles. The van der Waals surface area contributed by atoms with E-state index < -0.39 is 0 Å². The largest absolute Gasteiger partial charge is 0.330 e. The van der Waals surface area contributed by atoms with Crippen molar-refractivity contribution in [3.63, 3.8) is 0 Å². The monoisotopic (exact) mass is 285 g/mol. The van der Waals surface area contributed by atoms with Gasteiger partial charge < -0.3 is 5.73 Å². The molecule has 0 bridgehead atoms. The third-order valence-electron chi connectivity index (χ3n) is 3.01. The number of nitrogens with two attached hydrogens (primary N) is 1. The Morgan fingerprint density at radius 2 is 2.13 bits per heavy atom. The molecule has 1 aliphatic rings. The van der Waals surface area contributed by atoms with Crippen molar-refractivity contribution in [2.24, 2.45) is 11.7 Å². The summed E-state index contributed by atoms with van der Waals surface area (Å²) in [5.74, 6) is 0.710. The number of thioether (sulfide) groups is 1. The van der Waals surface area contributed by atoms with E-state index in [1.807, 2.05) is 11.8 Å². The Morgan fingerprint density at radius 1 is 1.33 bits per heavy atom. The average Bonchev–Trinajstić information content (AvgIpc) is 2.69. The average molecular weight is 286 g/mol. The Labute approximate surface area is 104 Å². The van der Waals surface area contributed by atoms with Gasteiger partial charge in [0.05, 0.1) is 0 Å².